The Labute approximate surface area is 189 Å². The highest BCUT2D eigenvalue weighted by atomic mass is 32.2. The maximum absolute atomic E-state index is 13.2. The van der Waals surface area contributed by atoms with Crippen LogP contribution in [0.3, 0.4) is 0 Å². The molecule has 0 N–H and O–H groups in total. The first-order valence-corrected chi connectivity index (χ1v) is 12.1. The van der Waals surface area contributed by atoms with E-state index in [0.29, 0.717) is 11.1 Å². The number of sulfone groups is 1. The molecule has 1 atom stereocenters. The molecular formula is C23H19NO6S2. The Bertz CT molecular complexity index is 1330. The third-order valence-corrected chi connectivity index (χ3v) is 8.51. The molecule has 1 aliphatic heterocycles. The molecule has 32 heavy (non-hydrogen) atoms. The number of methoxy groups -OCH3 is 1. The molecule has 0 spiro atoms. The maximum Gasteiger partial charge on any atom is 0.348 e. The lowest BCUT2D eigenvalue weighted by Gasteiger charge is -2.26. The number of imide groups is 1. The fraction of sp³-hybridized carbons (Fsp3) is 0.174. The number of nitrogens with zero attached hydrogens (tertiary/aromatic N) is 1. The summed E-state index contributed by atoms with van der Waals surface area (Å²) in [6.07, 6.45) is -0.0774. The predicted molar refractivity (Wildman–Crippen MR) is 120 cm³/mol. The largest absolute Gasteiger partial charge is 0.465 e. The van der Waals surface area contributed by atoms with Gasteiger partial charge in [-0.1, -0.05) is 36.4 Å². The van der Waals surface area contributed by atoms with Gasteiger partial charge in [0.05, 0.1) is 34.9 Å². The van der Waals surface area contributed by atoms with Crippen molar-refractivity contribution in [2.75, 3.05) is 12.0 Å². The Balaban J connectivity index is 1.74. The van der Waals surface area contributed by atoms with Crippen LogP contribution in [0.4, 0.5) is 5.69 Å². The smallest absolute Gasteiger partial charge is 0.348 e. The first-order valence-electron chi connectivity index (χ1n) is 9.70. The second kappa shape index (κ2) is 8.33. The number of carbonyl (C=O) groups is 3. The van der Waals surface area contributed by atoms with Crippen molar-refractivity contribution in [1.82, 2.24) is 0 Å². The molecule has 0 bridgehead atoms. The predicted octanol–water partition coefficient (Wildman–Crippen LogP) is 3.80. The van der Waals surface area contributed by atoms with E-state index in [-0.39, 0.29) is 27.4 Å². The molecule has 4 rings (SSSR count). The highest BCUT2D eigenvalue weighted by Crippen LogP contribution is 2.34. The molecule has 3 aromatic rings. The number of thiophene rings is 1. The molecule has 0 aliphatic carbocycles. The molecule has 0 saturated carbocycles. The van der Waals surface area contributed by atoms with Crippen molar-refractivity contribution in [3.63, 3.8) is 0 Å². The second-order valence-corrected chi connectivity index (χ2v) is 10.4. The highest BCUT2D eigenvalue weighted by Gasteiger charge is 2.37. The second-order valence-electron chi connectivity index (χ2n) is 7.26. The molecule has 2 amide bonds. The van der Waals surface area contributed by atoms with Crippen molar-refractivity contribution >= 4 is 44.6 Å². The monoisotopic (exact) mass is 469 g/mol. The Morgan fingerprint density at radius 1 is 1.09 bits per heavy atom. The number of carbonyl (C=O) groups excluding carboxylic acids is 3. The minimum Gasteiger partial charge on any atom is -0.465 e. The van der Waals surface area contributed by atoms with Crippen molar-refractivity contribution in [3.8, 4) is 0 Å². The summed E-state index contributed by atoms with van der Waals surface area (Å²) in [4.78, 5) is 39.1. The highest BCUT2D eigenvalue weighted by molar-refractivity contribution is 7.91. The summed E-state index contributed by atoms with van der Waals surface area (Å²) in [5.74, 6) is -1.84. The average Bonchev–Trinajstić information content (AvgIpc) is 3.23. The summed E-state index contributed by atoms with van der Waals surface area (Å²) < 4.78 is 31.2. The number of fused-ring (bicyclic) bond motifs is 1. The van der Waals surface area contributed by atoms with E-state index >= 15 is 0 Å². The Morgan fingerprint density at radius 2 is 1.81 bits per heavy atom. The van der Waals surface area contributed by atoms with Gasteiger partial charge in [0.2, 0.25) is 5.91 Å². The van der Waals surface area contributed by atoms with Gasteiger partial charge in [-0.15, -0.1) is 11.3 Å². The van der Waals surface area contributed by atoms with Crippen LogP contribution >= 0.6 is 11.3 Å². The molecule has 0 fully saturated rings. The lowest BCUT2D eigenvalue weighted by Crippen LogP contribution is -2.42. The van der Waals surface area contributed by atoms with E-state index in [2.05, 4.69) is 0 Å². The fourth-order valence-electron chi connectivity index (χ4n) is 3.64. The average molecular weight is 470 g/mol. The molecule has 1 aromatic heterocycles. The molecule has 0 radical (unpaired) electrons. The van der Waals surface area contributed by atoms with Crippen LogP contribution in [0, 0.1) is 0 Å². The van der Waals surface area contributed by atoms with Crippen LogP contribution in [-0.4, -0.2) is 33.3 Å². The molecule has 2 heterocycles. The van der Waals surface area contributed by atoms with Gasteiger partial charge < -0.3 is 4.74 Å². The van der Waals surface area contributed by atoms with Crippen LogP contribution in [0.5, 0.6) is 0 Å². The van der Waals surface area contributed by atoms with E-state index in [4.69, 9.17) is 4.74 Å². The zero-order valence-corrected chi connectivity index (χ0v) is 18.9. The number of amides is 2. The summed E-state index contributed by atoms with van der Waals surface area (Å²) >= 11 is 1.04. The molecule has 9 heteroatoms. The first-order chi connectivity index (χ1) is 15.3. The summed E-state index contributed by atoms with van der Waals surface area (Å²) in [6.45, 7) is 1.59. The van der Waals surface area contributed by atoms with Gasteiger partial charge in [-0.2, -0.15) is 0 Å². The lowest BCUT2D eigenvalue weighted by molar-refractivity contribution is -0.117. The van der Waals surface area contributed by atoms with E-state index in [9.17, 15) is 22.8 Å². The van der Waals surface area contributed by atoms with Crippen molar-refractivity contribution < 1.29 is 27.5 Å². The first kappa shape index (κ1) is 21.9. The third kappa shape index (κ3) is 3.63. The van der Waals surface area contributed by atoms with Crippen molar-refractivity contribution in [2.24, 2.45) is 0 Å². The molecule has 1 aliphatic rings. The van der Waals surface area contributed by atoms with E-state index in [1.807, 2.05) is 0 Å². The summed E-state index contributed by atoms with van der Waals surface area (Å²) in [5, 5.41) is 0.776. The molecular weight excluding hydrogens is 450 g/mol. The molecule has 2 aromatic carbocycles. The van der Waals surface area contributed by atoms with Gasteiger partial charge in [0.1, 0.15) is 4.88 Å². The Hall–Kier alpha value is -3.30. The van der Waals surface area contributed by atoms with Crippen LogP contribution in [-0.2, 0) is 25.8 Å². The SMILES string of the molecule is COC(=O)c1scc2c1C(=O)N(c1cccc(S(=O)(=O)C(C)c3ccccc3)c1)C(=O)C2. The topological polar surface area (TPSA) is 97.8 Å². The number of hydrogen-bond acceptors (Lipinski definition) is 7. The molecule has 164 valence electrons. The van der Waals surface area contributed by atoms with Crippen LogP contribution in [0.1, 0.15) is 43.3 Å². The number of hydrogen-bond donors (Lipinski definition) is 0. The maximum atomic E-state index is 13.2. The van der Waals surface area contributed by atoms with Gasteiger partial charge in [-0.25, -0.2) is 18.1 Å². The van der Waals surface area contributed by atoms with Crippen molar-refractivity contribution in [1.29, 1.82) is 0 Å². The van der Waals surface area contributed by atoms with Crippen molar-refractivity contribution in [2.45, 2.75) is 23.5 Å². The van der Waals surface area contributed by atoms with Gasteiger partial charge >= 0.3 is 5.97 Å². The number of esters is 1. The zero-order valence-electron chi connectivity index (χ0n) is 17.3. The number of anilines is 1. The summed E-state index contributed by atoms with van der Waals surface area (Å²) in [7, 11) is -2.57. The minimum absolute atomic E-state index is 0.00346. The van der Waals surface area contributed by atoms with Gasteiger partial charge in [-0.3, -0.25) is 9.59 Å². The number of ether oxygens (including phenoxy) is 1. The number of rotatable bonds is 5. The van der Waals surface area contributed by atoms with Crippen LogP contribution in [0.15, 0.2) is 64.9 Å². The van der Waals surface area contributed by atoms with Gasteiger partial charge in [-0.05, 0) is 41.6 Å². The van der Waals surface area contributed by atoms with E-state index in [0.717, 1.165) is 16.2 Å². The van der Waals surface area contributed by atoms with E-state index in [1.54, 1.807) is 42.6 Å². The minimum atomic E-state index is -3.78. The van der Waals surface area contributed by atoms with Gasteiger partial charge in [0.25, 0.3) is 5.91 Å². The molecule has 1 unspecified atom stereocenters. The Morgan fingerprint density at radius 3 is 2.50 bits per heavy atom. The lowest BCUT2D eigenvalue weighted by atomic mass is 10.0. The Kier molecular flexibility index (Phi) is 5.70. The summed E-state index contributed by atoms with van der Waals surface area (Å²) in [5.41, 5.74) is 1.35. The molecule has 7 nitrogen and oxygen atoms in total. The standard InChI is InChI=1S/C23H19NO6S2/c1-14(15-7-4-3-5-8-15)32(28,29)18-10-6-9-17(12-18)24-19(25)11-16-13-31-21(23(27)30-2)20(16)22(24)26/h3-10,12-14H,11H2,1-2H3. The van der Waals surface area contributed by atoms with Gasteiger partial charge in [0.15, 0.2) is 9.84 Å². The normalized spacial score (nSPS) is 14.8. The van der Waals surface area contributed by atoms with Crippen LogP contribution in [0.2, 0.25) is 0 Å². The summed E-state index contributed by atoms with van der Waals surface area (Å²) in [6, 6.07) is 14.5. The van der Waals surface area contributed by atoms with E-state index < -0.39 is 32.9 Å². The van der Waals surface area contributed by atoms with Crippen LogP contribution in [0.25, 0.3) is 0 Å². The number of benzene rings is 2. The third-order valence-electron chi connectivity index (χ3n) is 5.38. The van der Waals surface area contributed by atoms with Crippen molar-refractivity contribution in [3.05, 3.63) is 81.5 Å². The van der Waals surface area contributed by atoms with Gasteiger partial charge in [0, 0.05) is 0 Å². The van der Waals surface area contributed by atoms with Crippen LogP contribution < -0.4 is 4.90 Å². The fourth-order valence-corrected chi connectivity index (χ4v) is 6.09. The van der Waals surface area contributed by atoms with E-state index in [1.165, 1.54) is 31.4 Å². The quantitative estimate of drug-likeness (QED) is 0.416. The molecule has 0 saturated heterocycles. The zero-order chi connectivity index (χ0) is 23.0.